The van der Waals surface area contributed by atoms with Gasteiger partial charge in [0.05, 0.1) is 21.7 Å². The Hall–Kier alpha value is -2.01. The third-order valence-corrected chi connectivity index (χ3v) is 5.11. The maximum absolute atomic E-state index is 10.2. The summed E-state index contributed by atoms with van der Waals surface area (Å²) in [7, 11) is 2.08. The number of benzene rings is 1. The van der Waals surface area contributed by atoms with Crippen LogP contribution in [0, 0.1) is 11.3 Å². The van der Waals surface area contributed by atoms with E-state index in [9.17, 15) is 5.11 Å². The van der Waals surface area contributed by atoms with Gasteiger partial charge in [0.1, 0.15) is 6.07 Å². The van der Waals surface area contributed by atoms with Crippen LogP contribution in [0.4, 0.5) is 5.95 Å². The number of piperazine rings is 1. The minimum atomic E-state index is -0.0515. The van der Waals surface area contributed by atoms with Crippen LogP contribution in [0.5, 0.6) is 5.88 Å². The second kappa shape index (κ2) is 7.26. The number of hydrogen-bond donors (Lipinski definition) is 1. The highest BCUT2D eigenvalue weighted by Crippen LogP contribution is 2.35. The zero-order chi connectivity index (χ0) is 17.1. The van der Waals surface area contributed by atoms with E-state index in [2.05, 4.69) is 26.8 Å². The molecule has 0 atom stereocenters. The molecule has 24 heavy (non-hydrogen) atoms. The number of nitriles is 1. The van der Waals surface area contributed by atoms with Crippen LogP contribution in [0.25, 0.3) is 0 Å². The van der Waals surface area contributed by atoms with Gasteiger partial charge < -0.3 is 14.9 Å². The maximum Gasteiger partial charge on any atom is 0.230 e. The van der Waals surface area contributed by atoms with Crippen LogP contribution < -0.4 is 4.90 Å². The van der Waals surface area contributed by atoms with Crippen molar-refractivity contribution < 1.29 is 5.11 Å². The van der Waals surface area contributed by atoms with E-state index in [0.29, 0.717) is 21.4 Å². The summed E-state index contributed by atoms with van der Waals surface area (Å²) in [6, 6.07) is 7.15. The molecule has 0 radical (unpaired) electrons. The predicted molar refractivity (Wildman–Crippen MR) is 93.7 cm³/mol. The molecule has 1 aromatic heterocycles. The summed E-state index contributed by atoms with van der Waals surface area (Å²) < 4.78 is 0. The molecule has 0 spiro atoms. The third-order valence-electron chi connectivity index (χ3n) is 3.80. The number of nitrogens with zero attached hydrogens (tertiary/aromatic N) is 5. The SMILES string of the molecule is CN1CCN(c2ncc(Sc3ccc(C#N)c(Cl)c3)c(O)n2)CC1. The minimum absolute atomic E-state index is 0.0515. The van der Waals surface area contributed by atoms with Crippen LogP contribution in [-0.4, -0.2) is 53.2 Å². The van der Waals surface area contributed by atoms with Crippen LogP contribution >= 0.6 is 23.4 Å². The van der Waals surface area contributed by atoms with Crippen LogP contribution in [0.3, 0.4) is 0 Å². The van der Waals surface area contributed by atoms with Crippen molar-refractivity contribution in [1.29, 1.82) is 5.26 Å². The topological polar surface area (TPSA) is 76.3 Å². The van der Waals surface area contributed by atoms with Gasteiger partial charge in [-0.2, -0.15) is 10.2 Å². The Morgan fingerprint density at radius 2 is 2.04 bits per heavy atom. The molecule has 124 valence electrons. The first-order valence-electron chi connectivity index (χ1n) is 7.44. The Kier molecular flexibility index (Phi) is 5.09. The van der Waals surface area contributed by atoms with Gasteiger partial charge in [0.25, 0.3) is 0 Å². The third kappa shape index (κ3) is 3.73. The van der Waals surface area contributed by atoms with E-state index < -0.39 is 0 Å². The summed E-state index contributed by atoms with van der Waals surface area (Å²) in [5.74, 6) is 0.493. The van der Waals surface area contributed by atoms with Gasteiger partial charge in [-0.05, 0) is 25.2 Å². The number of likely N-dealkylation sites (N-methyl/N-ethyl adjacent to an activating group) is 1. The molecule has 2 heterocycles. The molecule has 1 aliphatic heterocycles. The van der Waals surface area contributed by atoms with Crippen LogP contribution in [-0.2, 0) is 0 Å². The number of rotatable bonds is 3. The zero-order valence-corrected chi connectivity index (χ0v) is 14.7. The molecule has 8 heteroatoms. The second-order valence-electron chi connectivity index (χ2n) is 5.50. The Bertz CT molecular complexity index is 787. The van der Waals surface area contributed by atoms with E-state index in [-0.39, 0.29) is 5.88 Å². The molecule has 3 rings (SSSR count). The van der Waals surface area contributed by atoms with Gasteiger partial charge in [-0.3, -0.25) is 0 Å². The molecule has 2 aromatic rings. The van der Waals surface area contributed by atoms with Gasteiger partial charge in [-0.15, -0.1) is 0 Å². The molecule has 1 N–H and O–H groups in total. The van der Waals surface area contributed by atoms with E-state index in [1.807, 2.05) is 6.07 Å². The average Bonchev–Trinajstić information content (AvgIpc) is 2.57. The first-order chi connectivity index (χ1) is 11.6. The summed E-state index contributed by atoms with van der Waals surface area (Å²) in [6.45, 7) is 3.58. The molecule has 1 aromatic carbocycles. The fourth-order valence-electron chi connectivity index (χ4n) is 2.36. The van der Waals surface area contributed by atoms with Gasteiger partial charge >= 0.3 is 0 Å². The molecule has 0 aliphatic carbocycles. The van der Waals surface area contributed by atoms with E-state index in [1.165, 1.54) is 11.8 Å². The van der Waals surface area contributed by atoms with Crippen molar-refractivity contribution >= 4 is 29.3 Å². The highest BCUT2D eigenvalue weighted by atomic mass is 35.5. The minimum Gasteiger partial charge on any atom is -0.492 e. The molecule has 6 nitrogen and oxygen atoms in total. The van der Waals surface area contributed by atoms with Crippen molar-refractivity contribution in [3.63, 3.8) is 0 Å². The zero-order valence-electron chi connectivity index (χ0n) is 13.1. The van der Waals surface area contributed by atoms with Crippen molar-refractivity contribution in [3.8, 4) is 11.9 Å². The molecule has 0 saturated carbocycles. The van der Waals surface area contributed by atoms with Crippen LogP contribution in [0.1, 0.15) is 5.56 Å². The number of aromatic hydroxyl groups is 1. The average molecular weight is 362 g/mol. The number of halogens is 1. The predicted octanol–water partition coefficient (Wildman–Crippen LogP) is 2.61. The summed E-state index contributed by atoms with van der Waals surface area (Å²) >= 11 is 7.34. The fourth-order valence-corrected chi connectivity index (χ4v) is 3.46. The second-order valence-corrected chi connectivity index (χ2v) is 7.03. The molecule has 0 amide bonds. The maximum atomic E-state index is 10.2. The van der Waals surface area contributed by atoms with Crippen molar-refractivity contribution in [2.24, 2.45) is 0 Å². The normalized spacial score (nSPS) is 15.3. The molecule has 0 unspecified atom stereocenters. The largest absolute Gasteiger partial charge is 0.492 e. The Morgan fingerprint density at radius 3 is 2.67 bits per heavy atom. The van der Waals surface area contributed by atoms with Crippen molar-refractivity contribution in [3.05, 3.63) is 35.0 Å². The van der Waals surface area contributed by atoms with Gasteiger partial charge in [-0.1, -0.05) is 23.4 Å². The summed E-state index contributed by atoms with van der Waals surface area (Å²) in [5.41, 5.74) is 0.423. The molecule has 1 aliphatic rings. The molecular weight excluding hydrogens is 346 g/mol. The van der Waals surface area contributed by atoms with E-state index in [0.717, 1.165) is 31.1 Å². The van der Waals surface area contributed by atoms with E-state index in [4.69, 9.17) is 16.9 Å². The van der Waals surface area contributed by atoms with Crippen molar-refractivity contribution in [2.45, 2.75) is 9.79 Å². The molecular formula is C16H16ClN5OS. The monoisotopic (exact) mass is 361 g/mol. The number of hydrogen-bond acceptors (Lipinski definition) is 7. The summed E-state index contributed by atoms with van der Waals surface area (Å²) in [4.78, 5) is 14.3. The van der Waals surface area contributed by atoms with E-state index >= 15 is 0 Å². The Morgan fingerprint density at radius 1 is 1.29 bits per heavy atom. The standard InChI is InChI=1S/C16H16ClN5OS/c1-21-4-6-22(7-5-21)16-19-10-14(15(23)20-16)24-12-3-2-11(9-18)13(17)8-12/h2-3,8,10H,4-7H2,1H3,(H,19,20,23). The van der Waals surface area contributed by atoms with Crippen molar-refractivity contribution in [1.82, 2.24) is 14.9 Å². The first-order valence-corrected chi connectivity index (χ1v) is 8.63. The van der Waals surface area contributed by atoms with Gasteiger partial charge in [-0.25, -0.2) is 4.98 Å². The van der Waals surface area contributed by atoms with Crippen molar-refractivity contribution in [2.75, 3.05) is 38.1 Å². The first kappa shape index (κ1) is 16.8. The van der Waals surface area contributed by atoms with Crippen LogP contribution in [0.2, 0.25) is 5.02 Å². The fraction of sp³-hybridized carbons (Fsp3) is 0.312. The lowest BCUT2D eigenvalue weighted by Gasteiger charge is -2.32. The lowest BCUT2D eigenvalue weighted by Crippen LogP contribution is -2.45. The quantitative estimate of drug-likeness (QED) is 0.900. The lowest BCUT2D eigenvalue weighted by molar-refractivity contribution is 0.310. The smallest absolute Gasteiger partial charge is 0.230 e. The lowest BCUT2D eigenvalue weighted by atomic mass is 10.2. The summed E-state index contributed by atoms with van der Waals surface area (Å²) in [6.07, 6.45) is 1.62. The molecule has 0 bridgehead atoms. The highest BCUT2D eigenvalue weighted by molar-refractivity contribution is 7.99. The number of aromatic nitrogens is 2. The van der Waals surface area contributed by atoms with Gasteiger partial charge in [0.15, 0.2) is 0 Å². The number of anilines is 1. The Labute approximate surface area is 149 Å². The summed E-state index contributed by atoms with van der Waals surface area (Å²) in [5, 5.41) is 19.5. The van der Waals surface area contributed by atoms with Gasteiger partial charge in [0, 0.05) is 31.1 Å². The van der Waals surface area contributed by atoms with Gasteiger partial charge in [0.2, 0.25) is 11.8 Å². The molecule has 1 saturated heterocycles. The van der Waals surface area contributed by atoms with E-state index in [1.54, 1.807) is 24.4 Å². The Balaban J connectivity index is 1.75. The molecule has 1 fully saturated rings. The highest BCUT2D eigenvalue weighted by Gasteiger charge is 2.18. The van der Waals surface area contributed by atoms with Crippen LogP contribution in [0.15, 0.2) is 34.2 Å².